The van der Waals surface area contributed by atoms with Gasteiger partial charge in [-0.3, -0.25) is 5.43 Å². The molecular weight excluding hydrogens is 463 g/mol. The molecule has 2 unspecified atom stereocenters. The van der Waals surface area contributed by atoms with Crippen LogP contribution in [-0.4, -0.2) is 66.7 Å². The van der Waals surface area contributed by atoms with Gasteiger partial charge in [-0.25, -0.2) is 18.2 Å². The van der Waals surface area contributed by atoms with Crippen LogP contribution in [0.15, 0.2) is 29.4 Å². The summed E-state index contributed by atoms with van der Waals surface area (Å²) in [6.45, 7) is 2.58. The van der Waals surface area contributed by atoms with Crippen molar-refractivity contribution in [2.75, 3.05) is 38.3 Å². The number of hydrogen-bond donors (Lipinski definition) is 2. The summed E-state index contributed by atoms with van der Waals surface area (Å²) in [6, 6.07) is 4.27. The first kappa shape index (κ1) is 22.4. The summed E-state index contributed by atoms with van der Waals surface area (Å²) in [5, 5.41) is 13.4. The highest BCUT2D eigenvalue weighted by Crippen LogP contribution is 2.39. The van der Waals surface area contributed by atoms with Crippen molar-refractivity contribution in [3.8, 4) is 5.88 Å². The van der Waals surface area contributed by atoms with Gasteiger partial charge in [-0.1, -0.05) is 6.07 Å². The minimum Gasteiger partial charge on any atom is -0.480 e. The molecule has 4 aliphatic rings. The summed E-state index contributed by atoms with van der Waals surface area (Å²) < 4.78 is 52.8. The van der Waals surface area contributed by atoms with Crippen LogP contribution in [0.4, 0.5) is 18.9 Å². The van der Waals surface area contributed by atoms with Gasteiger partial charge in [0.05, 0.1) is 25.6 Å². The standard InChI is InChI=1S/C23H26F3N7O2/c1-34-17-8-14(9-27-30-17)32-10-12-2-3-13(11-32)20(12)28-23-29-22-21(35-7-6-33(22)31-23)15-4-5-16(24)19(26)18(15)25/h4-5,8-9,12-13,20-22H,2-3,6-7,10-11H2,1H3,(H2,28,29,31)/t12-,13+,20?,21-,22?/m0/s1. The third-order valence-electron chi connectivity index (χ3n) is 7.43. The smallest absolute Gasteiger partial charge is 0.235 e. The number of anilines is 1. The van der Waals surface area contributed by atoms with Crippen LogP contribution in [0.2, 0.25) is 0 Å². The largest absolute Gasteiger partial charge is 0.480 e. The van der Waals surface area contributed by atoms with E-state index in [1.807, 2.05) is 11.1 Å². The first-order valence-corrected chi connectivity index (χ1v) is 11.8. The van der Waals surface area contributed by atoms with E-state index in [2.05, 4.69) is 25.8 Å². The van der Waals surface area contributed by atoms with Crippen molar-refractivity contribution >= 4 is 11.6 Å². The normalized spacial score (nSPS) is 30.0. The molecule has 0 radical (unpaired) electrons. The minimum atomic E-state index is -1.50. The first-order chi connectivity index (χ1) is 17.0. The fraction of sp³-hybridized carbons (Fsp3) is 0.522. The van der Waals surface area contributed by atoms with Crippen molar-refractivity contribution in [2.45, 2.75) is 31.2 Å². The quantitative estimate of drug-likeness (QED) is 0.631. The zero-order chi connectivity index (χ0) is 24.1. The summed E-state index contributed by atoms with van der Waals surface area (Å²) in [6.07, 6.45) is 2.52. The minimum absolute atomic E-state index is 0.0415. The Balaban J connectivity index is 1.17. The fourth-order valence-electron chi connectivity index (χ4n) is 5.73. The number of hydrazine groups is 1. The lowest BCUT2D eigenvalue weighted by Gasteiger charge is -2.39. The van der Waals surface area contributed by atoms with Gasteiger partial charge in [-0.15, -0.1) is 5.10 Å². The van der Waals surface area contributed by atoms with Gasteiger partial charge >= 0.3 is 0 Å². The van der Waals surface area contributed by atoms with Crippen molar-refractivity contribution in [2.24, 2.45) is 16.8 Å². The van der Waals surface area contributed by atoms with Crippen molar-refractivity contribution < 1.29 is 22.6 Å². The molecule has 3 aliphatic heterocycles. The van der Waals surface area contributed by atoms with E-state index in [0.717, 1.165) is 37.7 Å². The average molecular weight is 490 g/mol. The van der Waals surface area contributed by atoms with E-state index in [1.165, 1.54) is 6.07 Å². The van der Waals surface area contributed by atoms with Crippen LogP contribution in [0.5, 0.6) is 5.88 Å². The van der Waals surface area contributed by atoms with Gasteiger partial charge in [0.25, 0.3) is 0 Å². The third-order valence-corrected chi connectivity index (χ3v) is 7.43. The number of nitrogens with one attached hydrogen (secondary N) is 2. The van der Waals surface area contributed by atoms with Gasteiger partial charge in [0.2, 0.25) is 11.8 Å². The maximum Gasteiger partial charge on any atom is 0.235 e. The maximum atomic E-state index is 14.5. The summed E-state index contributed by atoms with van der Waals surface area (Å²) >= 11 is 0. The highest BCUT2D eigenvalue weighted by Gasteiger charge is 2.45. The molecule has 3 fully saturated rings. The molecule has 186 valence electrons. The number of morpholine rings is 1. The lowest BCUT2D eigenvalue weighted by Crippen LogP contribution is -2.56. The zero-order valence-corrected chi connectivity index (χ0v) is 19.1. The van der Waals surface area contributed by atoms with Gasteiger partial charge in [-0.05, 0) is 30.7 Å². The first-order valence-electron chi connectivity index (χ1n) is 11.8. The topological polar surface area (TPSA) is 87.1 Å². The molecule has 6 rings (SSSR count). The Morgan fingerprint density at radius 3 is 2.71 bits per heavy atom. The van der Waals surface area contributed by atoms with Crippen molar-refractivity contribution in [1.82, 2.24) is 25.9 Å². The van der Waals surface area contributed by atoms with E-state index in [4.69, 9.17) is 14.5 Å². The number of nitrogens with zero attached hydrogens (tertiary/aromatic N) is 5. The van der Waals surface area contributed by atoms with Crippen molar-refractivity contribution in [3.63, 3.8) is 0 Å². The van der Waals surface area contributed by atoms with E-state index in [9.17, 15) is 13.2 Å². The second-order valence-corrected chi connectivity index (χ2v) is 9.38. The van der Waals surface area contributed by atoms with Crippen LogP contribution in [0.3, 0.4) is 0 Å². The Morgan fingerprint density at radius 2 is 1.94 bits per heavy atom. The molecular formula is C23H26F3N7O2. The number of rotatable bonds is 4. The molecule has 9 nitrogen and oxygen atoms in total. The van der Waals surface area contributed by atoms with Gasteiger partial charge in [0, 0.05) is 37.3 Å². The van der Waals surface area contributed by atoms with E-state index < -0.39 is 29.7 Å². The number of aromatic nitrogens is 2. The highest BCUT2D eigenvalue weighted by atomic mass is 19.2. The fourth-order valence-corrected chi connectivity index (χ4v) is 5.73. The molecule has 1 saturated carbocycles. The van der Waals surface area contributed by atoms with Crippen LogP contribution in [0, 0.1) is 29.3 Å². The van der Waals surface area contributed by atoms with Gasteiger partial charge in [0.15, 0.2) is 23.6 Å². The predicted molar refractivity (Wildman–Crippen MR) is 120 cm³/mol. The number of hydrogen-bond acceptors (Lipinski definition) is 9. The number of guanidine groups is 1. The molecule has 12 heteroatoms. The Bertz CT molecular complexity index is 1140. The Kier molecular flexibility index (Phi) is 5.64. The van der Waals surface area contributed by atoms with Crippen LogP contribution >= 0.6 is 0 Å². The summed E-state index contributed by atoms with van der Waals surface area (Å²) in [4.78, 5) is 7.04. The summed E-state index contributed by atoms with van der Waals surface area (Å²) in [5.74, 6) is -2.06. The number of ether oxygens (including phenoxy) is 2. The predicted octanol–water partition coefficient (Wildman–Crippen LogP) is 1.98. The van der Waals surface area contributed by atoms with Gasteiger partial charge < -0.3 is 19.7 Å². The van der Waals surface area contributed by atoms with Crippen LogP contribution in [0.25, 0.3) is 0 Å². The van der Waals surface area contributed by atoms with E-state index in [-0.39, 0.29) is 11.6 Å². The van der Waals surface area contributed by atoms with Crippen molar-refractivity contribution in [1.29, 1.82) is 0 Å². The highest BCUT2D eigenvalue weighted by molar-refractivity contribution is 5.81. The third kappa shape index (κ3) is 3.94. The molecule has 2 aromatic rings. The number of piperidine rings is 1. The van der Waals surface area contributed by atoms with E-state index in [1.54, 1.807) is 13.3 Å². The van der Waals surface area contributed by atoms with Crippen LogP contribution in [0.1, 0.15) is 24.5 Å². The number of benzene rings is 1. The SMILES string of the molecule is COc1cc(N2C[C@H]3CC[C@@H](C2)C3NC2=NC3[C@H](c4ccc(F)c(F)c4F)OCCN3N2)cnn1. The van der Waals surface area contributed by atoms with E-state index >= 15 is 0 Å². The molecule has 1 aromatic heterocycles. The molecule has 5 atom stereocenters. The van der Waals surface area contributed by atoms with Crippen LogP contribution < -0.4 is 20.4 Å². The summed E-state index contributed by atoms with van der Waals surface area (Å²) in [5.41, 5.74) is 4.22. The number of halogens is 3. The van der Waals surface area contributed by atoms with Gasteiger partial charge in [0.1, 0.15) is 6.10 Å². The lowest BCUT2D eigenvalue weighted by molar-refractivity contribution is -0.0749. The molecule has 4 heterocycles. The number of aliphatic imine (C=N–C) groups is 1. The van der Waals surface area contributed by atoms with E-state index in [0.29, 0.717) is 36.8 Å². The van der Waals surface area contributed by atoms with Crippen LogP contribution in [-0.2, 0) is 4.74 Å². The molecule has 35 heavy (non-hydrogen) atoms. The second-order valence-electron chi connectivity index (χ2n) is 9.38. The Hall–Kier alpha value is -3.12. The number of fused-ring (bicyclic) bond motifs is 3. The molecule has 0 amide bonds. The zero-order valence-electron chi connectivity index (χ0n) is 19.1. The summed E-state index contributed by atoms with van der Waals surface area (Å²) in [7, 11) is 1.58. The Labute approximate surface area is 200 Å². The molecule has 1 aliphatic carbocycles. The Morgan fingerprint density at radius 1 is 1.14 bits per heavy atom. The molecule has 2 N–H and O–H groups in total. The van der Waals surface area contributed by atoms with Crippen molar-refractivity contribution in [3.05, 3.63) is 47.4 Å². The number of methoxy groups -OCH3 is 1. The molecule has 2 bridgehead atoms. The second kappa shape index (κ2) is 8.83. The lowest BCUT2D eigenvalue weighted by atomic mass is 9.92. The maximum absolute atomic E-state index is 14.5. The molecule has 2 saturated heterocycles. The average Bonchev–Trinajstić information content (AvgIpc) is 3.38. The molecule has 1 aromatic carbocycles. The van der Waals surface area contributed by atoms with Gasteiger partial charge in [-0.2, -0.15) is 10.1 Å². The molecule has 0 spiro atoms. The monoisotopic (exact) mass is 489 g/mol.